The van der Waals surface area contributed by atoms with E-state index in [2.05, 4.69) is 31.6 Å². The number of nitrogens with one attached hydrogen (secondary N) is 4. The van der Waals surface area contributed by atoms with Crippen molar-refractivity contribution in [3.63, 3.8) is 0 Å². The number of halogens is 1. The maximum Gasteiger partial charge on any atom is 0.410 e. The number of unbranched alkanes of at least 4 members (excludes halogenated alkanes) is 2. The maximum absolute atomic E-state index is 15.4. The molecule has 2 aromatic heterocycles. The number of urea groups is 1. The van der Waals surface area contributed by atoms with Crippen LogP contribution in [0.1, 0.15) is 120 Å². The van der Waals surface area contributed by atoms with Crippen LogP contribution < -0.4 is 37.3 Å². The third-order valence-electron chi connectivity index (χ3n) is 13.3. The smallest absolute Gasteiger partial charge is 0.410 e. The number of pyridine rings is 1. The van der Waals surface area contributed by atoms with Crippen LogP contribution in [0.15, 0.2) is 53.6 Å². The van der Waals surface area contributed by atoms with E-state index in [0.29, 0.717) is 61.2 Å². The Labute approximate surface area is 432 Å². The van der Waals surface area contributed by atoms with Crippen LogP contribution in [0.3, 0.4) is 0 Å². The molecule has 404 valence electrons. The van der Waals surface area contributed by atoms with Gasteiger partial charge in [0.25, 0.3) is 0 Å². The van der Waals surface area contributed by atoms with Crippen molar-refractivity contribution >= 4 is 69.9 Å². The van der Waals surface area contributed by atoms with Crippen LogP contribution >= 0.6 is 0 Å². The molecule has 2 fully saturated rings. The summed E-state index contributed by atoms with van der Waals surface area (Å²) in [4.78, 5) is 118. The molecule has 2 aliphatic heterocycles. The number of amides is 8. The standard InChI is InChI=1S/C51H67FN12O11/c1-6-60-27-35(49(71)72)46(68)34-25-36(52)40(26-39(34)60)61-21-23-62(24-22-61)51(74)75-29-32-13-15-33(16-14-32)55-47(69)38(11-10-19-54-50(53)73)64-28-37(58-59-64)44(30(2)3)57-48(70)45(31(4)5)56-41(65)12-8-7-9-20-63-42(66)17-18-43(63)67/h13-16,25-28,30-31,38,44-45H,6-12,17-24,29H2,1-5H3,(H,55,69)(H,56,65)(H,57,70)(H,71,72)(H3,53,54,73). The molecular weight excluding hydrogens is 976 g/mol. The number of carbonyl (C=O) groups excluding carboxylic acids is 7. The molecule has 0 bridgehead atoms. The van der Waals surface area contributed by atoms with Crippen molar-refractivity contribution in [2.45, 2.75) is 117 Å². The molecule has 2 aliphatic rings. The minimum atomic E-state index is -1.39. The fraction of sp³-hybridized carbons (Fsp3) is 0.510. The Bertz CT molecular complexity index is 2790. The quantitative estimate of drug-likeness (QED) is 0.0424. The number of imide groups is 1. The first-order valence-electron chi connectivity index (χ1n) is 25.3. The van der Waals surface area contributed by atoms with Gasteiger partial charge in [0.2, 0.25) is 35.0 Å². The van der Waals surface area contributed by atoms with E-state index in [1.165, 1.54) is 26.7 Å². The van der Waals surface area contributed by atoms with Gasteiger partial charge in [0, 0.05) is 82.3 Å². The van der Waals surface area contributed by atoms with Gasteiger partial charge < -0.3 is 51.2 Å². The number of nitrogens with zero attached hydrogens (tertiary/aromatic N) is 7. The molecule has 2 aromatic carbocycles. The lowest BCUT2D eigenvalue weighted by Crippen LogP contribution is -2.51. The number of aromatic nitrogens is 4. The Morgan fingerprint density at radius 1 is 0.853 bits per heavy atom. The normalized spacial score (nSPS) is 15.0. The molecule has 75 heavy (non-hydrogen) atoms. The zero-order valence-corrected chi connectivity index (χ0v) is 42.9. The van der Waals surface area contributed by atoms with Crippen LogP contribution in [-0.4, -0.2) is 127 Å². The summed E-state index contributed by atoms with van der Waals surface area (Å²) >= 11 is 0. The summed E-state index contributed by atoms with van der Waals surface area (Å²) in [5, 5.41) is 29.4. The zero-order valence-electron chi connectivity index (χ0n) is 42.9. The number of anilines is 2. The molecule has 23 nitrogen and oxygen atoms in total. The number of piperazine rings is 1. The highest BCUT2D eigenvalue weighted by Gasteiger charge is 2.32. The monoisotopic (exact) mass is 1040 g/mol. The van der Waals surface area contributed by atoms with Crippen molar-refractivity contribution in [3.05, 3.63) is 81.7 Å². The number of primary amides is 1. The molecule has 3 atom stereocenters. The molecule has 4 aromatic rings. The van der Waals surface area contributed by atoms with Gasteiger partial charge in [0.15, 0.2) is 0 Å². The number of carboxylic acid groups (broad SMARTS) is 1. The van der Waals surface area contributed by atoms with Gasteiger partial charge in [-0.1, -0.05) is 51.5 Å². The van der Waals surface area contributed by atoms with E-state index in [0.717, 1.165) is 6.07 Å². The Balaban J connectivity index is 1.02. The van der Waals surface area contributed by atoms with Gasteiger partial charge in [0.1, 0.15) is 35.8 Å². The summed E-state index contributed by atoms with van der Waals surface area (Å²) in [6, 6.07) is 6.08. The van der Waals surface area contributed by atoms with Crippen LogP contribution in [0, 0.1) is 17.7 Å². The molecule has 3 unspecified atom stereocenters. The number of rotatable bonds is 24. The van der Waals surface area contributed by atoms with E-state index in [1.54, 1.807) is 46.9 Å². The van der Waals surface area contributed by atoms with E-state index < -0.39 is 64.8 Å². The van der Waals surface area contributed by atoms with Crippen LogP contribution in [0.25, 0.3) is 10.9 Å². The second-order valence-electron chi connectivity index (χ2n) is 19.3. The third-order valence-corrected chi connectivity index (χ3v) is 13.3. The molecular formula is C51H67FN12O11. The van der Waals surface area contributed by atoms with Crippen molar-refractivity contribution in [1.82, 2.24) is 45.3 Å². The average molecular weight is 1040 g/mol. The predicted octanol–water partition coefficient (Wildman–Crippen LogP) is 4.20. The van der Waals surface area contributed by atoms with E-state index in [-0.39, 0.29) is 106 Å². The number of nitrogens with two attached hydrogens (primary N) is 1. The molecule has 24 heteroatoms. The summed E-state index contributed by atoms with van der Waals surface area (Å²) in [6.07, 6.45) is 5.15. The molecule has 0 aliphatic carbocycles. The van der Waals surface area contributed by atoms with Gasteiger partial charge in [-0.15, -0.1) is 5.10 Å². The summed E-state index contributed by atoms with van der Waals surface area (Å²) in [5.41, 5.74) is 6.10. The van der Waals surface area contributed by atoms with Gasteiger partial charge >= 0.3 is 18.1 Å². The largest absolute Gasteiger partial charge is 0.477 e. The maximum atomic E-state index is 15.4. The van der Waals surface area contributed by atoms with Crippen molar-refractivity contribution in [1.29, 1.82) is 0 Å². The Kier molecular flexibility index (Phi) is 19.4. The number of hydrogen-bond acceptors (Lipinski definition) is 13. The summed E-state index contributed by atoms with van der Waals surface area (Å²) in [6.45, 7) is 10.9. The lowest BCUT2D eigenvalue weighted by Gasteiger charge is -2.35. The molecule has 6 rings (SSSR count). The van der Waals surface area contributed by atoms with Gasteiger partial charge in [-0.25, -0.2) is 23.5 Å². The minimum absolute atomic E-state index is 0.0360. The first kappa shape index (κ1) is 56.4. The van der Waals surface area contributed by atoms with E-state index >= 15 is 4.39 Å². The molecule has 8 amide bonds. The number of aryl methyl sites for hydroxylation is 1. The lowest BCUT2D eigenvalue weighted by atomic mass is 9.98. The Morgan fingerprint density at radius 2 is 1.55 bits per heavy atom. The average Bonchev–Trinajstić information content (AvgIpc) is 3.98. The fourth-order valence-corrected chi connectivity index (χ4v) is 9.02. The number of hydrogen-bond donors (Lipinski definition) is 6. The summed E-state index contributed by atoms with van der Waals surface area (Å²) in [7, 11) is 0. The number of likely N-dealkylation sites (tertiary alicyclic amines) is 1. The molecule has 0 radical (unpaired) electrons. The second-order valence-corrected chi connectivity index (χ2v) is 19.3. The van der Waals surface area contributed by atoms with E-state index in [1.807, 2.05) is 27.7 Å². The number of aromatic carboxylic acids is 1. The third kappa shape index (κ3) is 14.7. The molecule has 0 spiro atoms. The zero-order chi connectivity index (χ0) is 54.5. The Hall–Kier alpha value is -7.92. The first-order chi connectivity index (χ1) is 35.8. The van der Waals surface area contributed by atoms with E-state index in [4.69, 9.17) is 10.5 Å². The van der Waals surface area contributed by atoms with Gasteiger partial charge in [-0.05, 0) is 74.3 Å². The van der Waals surface area contributed by atoms with Crippen LogP contribution in [-0.2, 0) is 41.9 Å². The number of fused-ring (bicyclic) bond motifs is 1. The van der Waals surface area contributed by atoms with Crippen molar-refractivity contribution < 1.29 is 52.6 Å². The Morgan fingerprint density at radius 3 is 2.17 bits per heavy atom. The highest BCUT2D eigenvalue weighted by Crippen LogP contribution is 2.28. The van der Waals surface area contributed by atoms with Crippen LogP contribution in [0.5, 0.6) is 0 Å². The van der Waals surface area contributed by atoms with Crippen molar-refractivity contribution in [2.75, 3.05) is 49.5 Å². The van der Waals surface area contributed by atoms with Gasteiger partial charge in [-0.3, -0.25) is 33.7 Å². The minimum Gasteiger partial charge on any atom is -0.477 e. The first-order valence-corrected chi connectivity index (χ1v) is 25.3. The lowest BCUT2D eigenvalue weighted by molar-refractivity contribution is -0.138. The molecule has 4 heterocycles. The van der Waals surface area contributed by atoms with Crippen molar-refractivity contribution in [2.24, 2.45) is 17.6 Å². The highest BCUT2D eigenvalue weighted by molar-refractivity contribution is 6.02. The number of benzene rings is 2. The number of ether oxygens (including phenoxy) is 1. The SMILES string of the molecule is CCn1cc(C(=O)O)c(=O)c2cc(F)c(N3CCN(C(=O)OCc4ccc(NC(=O)C(CCCNC(N)=O)n5cc(C(NC(=O)C(NC(=O)CCCCCN6C(=O)CCC6=O)C(C)C)C(C)C)nn5)cc4)CC3)cc21. The highest BCUT2D eigenvalue weighted by atomic mass is 19.1. The summed E-state index contributed by atoms with van der Waals surface area (Å²) in [5.74, 6) is -4.07. The van der Waals surface area contributed by atoms with Gasteiger partial charge in [-0.2, -0.15) is 0 Å². The van der Waals surface area contributed by atoms with Crippen LogP contribution in [0.4, 0.5) is 25.4 Å². The topological polar surface area (TPSA) is 303 Å². The second kappa shape index (κ2) is 25.8. The predicted molar refractivity (Wildman–Crippen MR) is 273 cm³/mol. The van der Waals surface area contributed by atoms with E-state index in [9.17, 15) is 48.3 Å². The fourth-order valence-electron chi connectivity index (χ4n) is 9.02. The number of carbonyl (C=O) groups is 8. The van der Waals surface area contributed by atoms with Crippen molar-refractivity contribution in [3.8, 4) is 0 Å². The molecule has 7 N–H and O–H groups in total. The van der Waals surface area contributed by atoms with Crippen LogP contribution in [0.2, 0.25) is 0 Å². The van der Waals surface area contributed by atoms with Gasteiger partial charge in [0.05, 0.1) is 23.4 Å². The summed E-state index contributed by atoms with van der Waals surface area (Å²) < 4.78 is 24.0. The molecule has 2 saturated heterocycles. The molecule has 0 saturated carbocycles. The number of carboxylic acids is 1.